The highest BCUT2D eigenvalue weighted by Gasteiger charge is 2.20. The molecule has 2 rings (SSSR count). The van der Waals surface area contributed by atoms with Gasteiger partial charge in [0.15, 0.2) is 12.6 Å². The Balaban J connectivity index is 2.62. The Morgan fingerprint density at radius 3 is 1.48 bits per heavy atom. The minimum absolute atomic E-state index is 0.162. The zero-order valence-corrected chi connectivity index (χ0v) is 11.4. The molecule has 7 heteroatoms. The lowest BCUT2D eigenvalue weighted by atomic mass is 10.2. The average Bonchev–Trinajstić information content (AvgIpc) is 2.47. The third kappa shape index (κ3) is 2.63. The first-order valence-corrected chi connectivity index (χ1v) is 7.20. The van der Waals surface area contributed by atoms with Crippen LogP contribution in [0.15, 0.2) is 46.2 Å². The van der Waals surface area contributed by atoms with Crippen LogP contribution in [-0.2, 0) is 9.84 Å². The number of carbonyl (C=O) groups excluding carboxylic acids is 2. The van der Waals surface area contributed by atoms with E-state index < -0.39 is 9.84 Å². The molecule has 0 unspecified atom stereocenters. The fourth-order valence-electron chi connectivity index (χ4n) is 1.72. The van der Waals surface area contributed by atoms with E-state index in [1.54, 1.807) is 0 Å². The monoisotopic (exact) mass is 306 g/mol. The molecule has 0 aliphatic rings. The summed E-state index contributed by atoms with van der Waals surface area (Å²) in [5.41, 5.74) is -0.323. The summed E-state index contributed by atoms with van der Waals surface area (Å²) in [5.74, 6) is -0.661. The van der Waals surface area contributed by atoms with E-state index in [4.69, 9.17) is 0 Å². The molecular weight excluding hydrogens is 296 g/mol. The van der Waals surface area contributed by atoms with Gasteiger partial charge in [0.25, 0.3) is 0 Å². The molecule has 6 nitrogen and oxygen atoms in total. The first-order valence-electron chi connectivity index (χ1n) is 5.71. The van der Waals surface area contributed by atoms with Crippen molar-refractivity contribution in [1.29, 1.82) is 0 Å². The van der Waals surface area contributed by atoms with Gasteiger partial charge in [-0.2, -0.15) is 0 Å². The van der Waals surface area contributed by atoms with Gasteiger partial charge in [0.2, 0.25) is 9.84 Å². The first-order chi connectivity index (χ1) is 9.90. The van der Waals surface area contributed by atoms with Crippen LogP contribution < -0.4 is 0 Å². The molecule has 0 heterocycles. The summed E-state index contributed by atoms with van der Waals surface area (Å²) in [7, 11) is -3.98. The number of phenolic OH excluding ortho intramolecular Hbond substituents is 2. The maximum absolute atomic E-state index is 12.4. The standard InChI is InChI=1S/C14H10O6S/c15-7-9-5-11(1-3-13(9)17)21(19,20)12-2-4-14(18)10(6-12)8-16/h1-8,17-18H. The summed E-state index contributed by atoms with van der Waals surface area (Å²) in [5, 5.41) is 18.8. The molecule has 0 atom stereocenters. The van der Waals surface area contributed by atoms with Crippen LogP contribution in [0.3, 0.4) is 0 Å². The van der Waals surface area contributed by atoms with Crippen LogP contribution >= 0.6 is 0 Å². The zero-order valence-electron chi connectivity index (χ0n) is 10.6. The lowest BCUT2D eigenvalue weighted by Gasteiger charge is -2.07. The fourth-order valence-corrected chi connectivity index (χ4v) is 3.06. The van der Waals surface area contributed by atoms with Gasteiger partial charge in [-0.25, -0.2) is 8.42 Å². The molecule has 0 aliphatic heterocycles. The summed E-state index contributed by atoms with van der Waals surface area (Å²) in [4.78, 5) is 21.1. The molecule has 0 amide bonds. The Hall–Kier alpha value is -2.67. The topological polar surface area (TPSA) is 109 Å². The molecule has 2 aromatic carbocycles. The third-order valence-corrected chi connectivity index (χ3v) is 4.62. The van der Waals surface area contributed by atoms with Gasteiger partial charge in [0, 0.05) is 0 Å². The van der Waals surface area contributed by atoms with Gasteiger partial charge in [-0.3, -0.25) is 9.59 Å². The molecule has 0 spiro atoms. The summed E-state index contributed by atoms with van der Waals surface area (Å²) < 4.78 is 24.8. The maximum Gasteiger partial charge on any atom is 0.206 e. The SMILES string of the molecule is O=Cc1cc(S(=O)(=O)c2ccc(O)c(C=O)c2)ccc1O. The Morgan fingerprint density at radius 2 is 1.14 bits per heavy atom. The predicted octanol–water partition coefficient (Wildman–Crippen LogP) is 1.56. The largest absolute Gasteiger partial charge is 0.507 e. The quantitative estimate of drug-likeness (QED) is 0.830. The molecule has 0 aromatic heterocycles. The number of phenols is 2. The molecule has 0 radical (unpaired) electrons. The molecule has 0 aliphatic carbocycles. The second kappa shape index (κ2) is 5.37. The van der Waals surface area contributed by atoms with Crippen LogP contribution in [0, 0.1) is 0 Å². The maximum atomic E-state index is 12.4. The highest BCUT2D eigenvalue weighted by atomic mass is 32.2. The lowest BCUT2D eigenvalue weighted by molar-refractivity contribution is 0.111. The molecule has 108 valence electrons. The van der Waals surface area contributed by atoms with Crippen LogP contribution in [0.5, 0.6) is 11.5 Å². The van der Waals surface area contributed by atoms with Crippen molar-refractivity contribution in [3.05, 3.63) is 47.5 Å². The van der Waals surface area contributed by atoms with Crippen molar-refractivity contribution >= 4 is 22.4 Å². The number of carbonyl (C=O) groups is 2. The van der Waals surface area contributed by atoms with Gasteiger partial charge >= 0.3 is 0 Å². The predicted molar refractivity (Wildman–Crippen MR) is 72.4 cm³/mol. The van der Waals surface area contributed by atoms with Gasteiger partial charge in [-0.15, -0.1) is 0 Å². The van der Waals surface area contributed by atoms with E-state index in [9.17, 15) is 28.2 Å². The molecular formula is C14H10O6S. The lowest BCUT2D eigenvalue weighted by Crippen LogP contribution is -2.03. The van der Waals surface area contributed by atoms with Crippen molar-refractivity contribution in [2.45, 2.75) is 9.79 Å². The van der Waals surface area contributed by atoms with E-state index in [0.717, 1.165) is 36.4 Å². The summed E-state index contributed by atoms with van der Waals surface area (Å²) >= 11 is 0. The number of benzene rings is 2. The van der Waals surface area contributed by atoms with Crippen LogP contribution in [-0.4, -0.2) is 31.2 Å². The third-order valence-electron chi connectivity index (χ3n) is 2.87. The van der Waals surface area contributed by atoms with E-state index in [1.165, 1.54) is 0 Å². The van der Waals surface area contributed by atoms with E-state index in [-0.39, 0.29) is 32.4 Å². The van der Waals surface area contributed by atoms with Crippen molar-refractivity contribution in [2.24, 2.45) is 0 Å². The normalized spacial score (nSPS) is 11.0. The Kier molecular flexibility index (Phi) is 3.77. The van der Waals surface area contributed by atoms with E-state index in [0.29, 0.717) is 12.6 Å². The van der Waals surface area contributed by atoms with E-state index in [1.807, 2.05) is 0 Å². The number of aromatic hydroxyl groups is 2. The highest BCUT2D eigenvalue weighted by molar-refractivity contribution is 7.91. The number of rotatable bonds is 4. The second-order valence-corrected chi connectivity index (χ2v) is 6.13. The van der Waals surface area contributed by atoms with Crippen molar-refractivity contribution in [3.8, 4) is 11.5 Å². The summed E-state index contributed by atoms with van der Waals surface area (Å²) in [6.45, 7) is 0. The van der Waals surface area contributed by atoms with Crippen LogP contribution in [0.25, 0.3) is 0 Å². The first kappa shape index (κ1) is 14.7. The van der Waals surface area contributed by atoms with E-state index in [2.05, 4.69) is 0 Å². The highest BCUT2D eigenvalue weighted by Crippen LogP contribution is 2.27. The molecule has 2 aromatic rings. The van der Waals surface area contributed by atoms with Gasteiger partial charge in [-0.05, 0) is 36.4 Å². The minimum Gasteiger partial charge on any atom is -0.507 e. The summed E-state index contributed by atoms with van der Waals surface area (Å²) in [6, 6.07) is 6.54. The van der Waals surface area contributed by atoms with Crippen LogP contribution in [0.1, 0.15) is 20.7 Å². The Labute approximate surface area is 120 Å². The zero-order chi connectivity index (χ0) is 15.6. The van der Waals surface area contributed by atoms with E-state index >= 15 is 0 Å². The second-order valence-electron chi connectivity index (χ2n) is 4.18. The number of aldehydes is 2. The Bertz CT molecular complexity index is 760. The van der Waals surface area contributed by atoms with Gasteiger partial charge < -0.3 is 10.2 Å². The van der Waals surface area contributed by atoms with Crippen LogP contribution in [0.2, 0.25) is 0 Å². The Morgan fingerprint density at radius 1 is 0.762 bits per heavy atom. The molecule has 0 fully saturated rings. The number of hydrogen-bond acceptors (Lipinski definition) is 6. The average molecular weight is 306 g/mol. The van der Waals surface area contributed by atoms with Gasteiger partial charge in [-0.1, -0.05) is 0 Å². The number of sulfone groups is 1. The van der Waals surface area contributed by atoms with Gasteiger partial charge in [0.05, 0.1) is 20.9 Å². The fraction of sp³-hybridized carbons (Fsp3) is 0. The minimum atomic E-state index is -3.98. The molecule has 0 saturated heterocycles. The van der Waals surface area contributed by atoms with Crippen LogP contribution in [0.4, 0.5) is 0 Å². The molecule has 21 heavy (non-hydrogen) atoms. The van der Waals surface area contributed by atoms with Crippen molar-refractivity contribution < 1.29 is 28.2 Å². The smallest absolute Gasteiger partial charge is 0.206 e. The molecule has 0 bridgehead atoms. The van der Waals surface area contributed by atoms with Gasteiger partial charge in [0.1, 0.15) is 11.5 Å². The summed E-state index contributed by atoms with van der Waals surface area (Å²) in [6.07, 6.45) is 0.671. The van der Waals surface area contributed by atoms with Crippen molar-refractivity contribution in [1.82, 2.24) is 0 Å². The molecule has 2 N–H and O–H groups in total. The number of hydrogen-bond donors (Lipinski definition) is 2. The van der Waals surface area contributed by atoms with Crippen molar-refractivity contribution in [3.63, 3.8) is 0 Å². The molecule has 0 saturated carbocycles. The van der Waals surface area contributed by atoms with Crippen molar-refractivity contribution in [2.75, 3.05) is 0 Å².